The highest BCUT2D eigenvalue weighted by atomic mass is 15.2. The van der Waals surface area contributed by atoms with Crippen LogP contribution in [0.2, 0.25) is 0 Å². The molecule has 2 fully saturated rings. The fraction of sp³-hybridized carbons (Fsp3) is 0.700. The lowest BCUT2D eigenvalue weighted by Gasteiger charge is -2.39. The predicted octanol–water partition coefficient (Wildman–Crippen LogP) is 2.97. The third-order valence-corrected chi connectivity index (χ3v) is 5.71. The molecule has 0 amide bonds. The molecule has 3 heteroatoms. The van der Waals surface area contributed by atoms with Crippen LogP contribution >= 0.6 is 0 Å². The minimum absolute atomic E-state index is 0.704. The Labute approximate surface area is 142 Å². The molecule has 3 nitrogen and oxygen atoms in total. The molecule has 0 spiro atoms. The van der Waals surface area contributed by atoms with Gasteiger partial charge in [0.2, 0.25) is 0 Å². The van der Waals surface area contributed by atoms with Crippen LogP contribution in [0.15, 0.2) is 30.3 Å². The van der Waals surface area contributed by atoms with Crippen LogP contribution in [0, 0.1) is 5.92 Å². The molecule has 2 saturated heterocycles. The fourth-order valence-electron chi connectivity index (χ4n) is 4.32. The topological polar surface area (TPSA) is 18.5 Å². The van der Waals surface area contributed by atoms with E-state index in [1.807, 2.05) is 0 Å². The number of nitrogens with zero attached hydrogens (tertiary/aromatic N) is 2. The lowest BCUT2D eigenvalue weighted by atomic mass is 9.92. The first-order valence-electron chi connectivity index (χ1n) is 9.40. The molecule has 3 rings (SSSR count). The molecule has 0 aliphatic carbocycles. The molecular weight excluding hydrogens is 282 g/mol. The highest BCUT2D eigenvalue weighted by Crippen LogP contribution is 2.22. The molecule has 1 aromatic rings. The van der Waals surface area contributed by atoms with Crippen molar-refractivity contribution < 1.29 is 0 Å². The second-order valence-electron chi connectivity index (χ2n) is 7.68. The number of piperidine rings is 2. The van der Waals surface area contributed by atoms with Crippen molar-refractivity contribution in [2.45, 2.75) is 51.2 Å². The third kappa shape index (κ3) is 5.03. The summed E-state index contributed by atoms with van der Waals surface area (Å²) >= 11 is 0. The molecule has 128 valence electrons. The van der Waals surface area contributed by atoms with Crippen molar-refractivity contribution >= 4 is 0 Å². The summed E-state index contributed by atoms with van der Waals surface area (Å²) in [5.74, 6) is 0.888. The fourth-order valence-corrected chi connectivity index (χ4v) is 4.32. The van der Waals surface area contributed by atoms with E-state index in [1.165, 1.54) is 57.4 Å². The van der Waals surface area contributed by atoms with Gasteiger partial charge in [0.15, 0.2) is 0 Å². The molecule has 2 unspecified atom stereocenters. The van der Waals surface area contributed by atoms with E-state index in [0.717, 1.165) is 18.5 Å². The number of rotatable bonds is 5. The second-order valence-corrected chi connectivity index (χ2v) is 7.68. The zero-order chi connectivity index (χ0) is 16.1. The zero-order valence-electron chi connectivity index (χ0n) is 14.9. The molecule has 2 atom stereocenters. The van der Waals surface area contributed by atoms with Crippen molar-refractivity contribution in [1.29, 1.82) is 0 Å². The summed E-state index contributed by atoms with van der Waals surface area (Å²) in [6.07, 6.45) is 5.34. The summed E-state index contributed by atoms with van der Waals surface area (Å²) in [6, 6.07) is 12.4. The average molecular weight is 316 g/mol. The van der Waals surface area contributed by atoms with Crippen molar-refractivity contribution in [2.24, 2.45) is 5.92 Å². The van der Waals surface area contributed by atoms with Crippen LogP contribution in [-0.4, -0.2) is 55.1 Å². The van der Waals surface area contributed by atoms with E-state index >= 15 is 0 Å². The smallest absolute Gasteiger partial charge is 0.0233 e. The van der Waals surface area contributed by atoms with Gasteiger partial charge in [-0.1, -0.05) is 30.3 Å². The molecule has 0 saturated carbocycles. The maximum atomic E-state index is 3.57. The van der Waals surface area contributed by atoms with E-state index in [2.05, 4.69) is 59.4 Å². The van der Waals surface area contributed by atoms with Crippen LogP contribution in [0.4, 0.5) is 0 Å². The van der Waals surface area contributed by atoms with Gasteiger partial charge in [-0.25, -0.2) is 0 Å². The van der Waals surface area contributed by atoms with Crippen molar-refractivity contribution in [2.75, 3.05) is 33.2 Å². The molecule has 2 aliphatic heterocycles. The lowest BCUT2D eigenvalue weighted by molar-refractivity contribution is 0.103. The largest absolute Gasteiger partial charge is 0.314 e. The Morgan fingerprint density at radius 2 is 1.87 bits per heavy atom. The molecule has 2 aliphatic rings. The van der Waals surface area contributed by atoms with Gasteiger partial charge in [0.25, 0.3) is 0 Å². The van der Waals surface area contributed by atoms with E-state index in [9.17, 15) is 0 Å². The molecule has 1 N–H and O–H groups in total. The Bertz CT molecular complexity index is 453. The van der Waals surface area contributed by atoms with Gasteiger partial charge >= 0.3 is 0 Å². The standard InChI is InChI=1S/C20H33N3/c1-17-14-19(8-11-21-17)15-22(2)20-9-12-23(13-10-20)16-18-6-4-3-5-7-18/h3-7,17,19-21H,8-16H2,1-2H3. The van der Waals surface area contributed by atoms with Crippen LogP contribution in [0.5, 0.6) is 0 Å². The van der Waals surface area contributed by atoms with Gasteiger partial charge in [-0.3, -0.25) is 4.90 Å². The Morgan fingerprint density at radius 3 is 2.57 bits per heavy atom. The van der Waals surface area contributed by atoms with Gasteiger partial charge in [0, 0.05) is 25.2 Å². The van der Waals surface area contributed by atoms with Crippen LogP contribution < -0.4 is 5.32 Å². The third-order valence-electron chi connectivity index (χ3n) is 5.71. The Kier molecular flexibility index (Phi) is 6.09. The van der Waals surface area contributed by atoms with Gasteiger partial charge in [0.1, 0.15) is 0 Å². The quantitative estimate of drug-likeness (QED) is 0.901. The summed E-state index contributed by atoms with van der Waals surface area (Å²) in [4.78, 5) is 5.27. The lowest BCUT2D eigenvalue weighted by Crippen LogP contribution is -2.46. The van der Waals surface area contributed by atoms with Crippen LogP contribution in [-0.2, 0) is 6.54 Å². The molecule has 0 bridgehead atoms. The monoisotopic (exact) mass is 315 g/mol. The van der Waals surface area contributed by atoms with E-state index in [0.29, 0.717) is 6.04 Å². The molecular formula is C20H33N3. The summed E-state index contributed by atoms with van der Waals surface area (Å²) < 4.78 is 0. The molecule has 2 heterocycles. The van der Waals surface area contributed by atoms with Gasteiger partial charge in [0.05, 0.1) is 0 Å². The summed E-state index contributed by atoms with van der Waals surface area (Å²) in [7, 11) is 2.35. The predicted molar refractivity (Wildman–Crippen MR) is 97.6 cm³/mol. The van der Waals surface area contributed by atoms with E-state index in [1.54, 1.807) is 0 Å². The second kappa shape index (κ2) is 8.27. The summed E-state index contributed by atoms with van der Waals surface area (Å²) in [6.45, 7) is 8.42. The number of nitrogens with one attached hydrogen (secondary N) is 1. The molecule has 1 aromatic carbocycles. The minimum atomic E-state index is 0.704. The molecule has 0 aromatic heterocycles. The highest BCUT2D eigenvalue weighted by molar-refractivity contribution is 5.14. The van der Waals surface area contributed by atoms with Crippen LogP contribution in [0.1, 0.15) is 38.2 Å². The number of benzene rings is 1. The van der Waals surface area contributed by atoms with Gasteiger partial charge in [-0.05, 0) is 70.8 Å². The Morgan fingerprint density at radius 1 is 1.13 bits per heavy atom. The first kappa shape index (κ1) is 16.9. The van der Waals surface area contributed by atoms with Crippen molar-refractivity contribution in [3.05, 3.63) is 35.9 Å². The van der Waals surface area contributed by atoms with Crippen LogP contribution in [0.3, 0.4) is 0 Å². The first-order chi connectivity index (χ1) is 11.2. The van der Waals surface area contributed by atoms with Crippen molar-refractivity contribution in [3.63, 3.8) is 0 Å². The molecule has 23 heavy (non-hydrogen) atoms. The maximum absolute atomic E-state index is 3.57. The minimum Gasteiger partial charge on any atom is -0.314 e. The van der Waals surface area contributed by atoms with E-state index in [4.69, 9.17) is 0 Å². The van der Waals surface area contributed by atoms with E-state index < -0.39 is 0 Å². The van der Waals surface area contributed by atoms with Crippen molar-refractivity contribution in [3.8, 4) is 0 Å². The number of hydrogen-bond acceptors (Lipinski definition) is 3. The van der Waals surface area contributed by atoms with Crippen molar-refractivity contribution in [1.82, 2.24) is 15.1 Å². The normalized spacial score (nSPS) is 27.4. The average Bonchev–Trinajstić information content (AvgIpc) is 2.56. The summed E-state index contributed by atoms with van der Waals surface area (Å²) in [5, 5.41) is 3.57. The number of likely N-dealkylation sites (tertiary alicyclic amines) is 1. The maximum Gasteiger partial charge on any atom is 0.0233 e. The van der Waals surface area contributed by atoms with Gasteiger partial charge in [-0.2, -0.15) is 0 Å². The van der Waals surface area contributed by atoms with Gasteiger partial charge in [-0.15, -0.1) is 0 Å². The molecule has 0 radical (unpaired) electrons. The SMILES string of the molecule is CC1CC(CN(C)C2CCN(Cc3ccccc3)CC2)CCN1. The summed E-state index contributed by atoms with van der Waals surface area (Å²) in [5.41, 5.74) is 1.45. The van der Waals surface area contributed by atoms with Crippen LogP contribution in [0.25, 0.3) is 0 Å². The first-order valence-corrected chi connectivity index (χ1v) is 9.40. The van der Waals surface area contributed by atoms with E-state index in [-0.39, 0.29) is 0 Å². The number of hydrogen-bond donors (Lipinski definition) is 1. The zero-order valence-corrected chi connectivity index (χ0v) is 14.9. The highest BCUT2D eigenvalue weighted by Gasteiger charge is 2.26. The van der Waals surface area contributed by atoms with Gasteiger partial charge < -0.3 is 10.2 Å². The Hall–Kier alpha value is -0.900. The Balaban J connectivity index is 1.41.